The molecule has 0 saturated heterocycles. The third-order valence-corrected chi connectivity index (χ3v) is 4.12. The lowest BCUT2D eigenvalue weighted by Gasteiger charge is -2.12. The van der Waals surface area contributed by atoms with Crippen molar-refractivity contribution in [2.45, 2.75) is 19.3 Å². The van der Waals surface area contributed by atoms with Gasteiger partial charge in [0.2, 0.25) is 0 Å². The molecule has 0 aliphatic carbocycles. The summed E-state index contributed by atoms with van der Waals surface area (Å²) in [5.41, 5.74) is 1.57. The van der Waals surface area contributed by atoms with Gasteiger partial charge in [-0.1, -0.05) is 24.3 Å². The van der Waals surface area contributed by atoms with Gasteiger partial charge in [-0.25, -0.2) is 4.39 Å². The molecule has 0 aliphatic rings. The summed E-state index contributed by atoms with van der Waals surface area (Å²) in [5, 5.41) is 14.9. The fraction of sp³-hybridized carbons (Fsp3) is 0.316. The van der Waals surface area contributed by atoms with Crippen molar-refractivity contribution in [1.29, 1.82) is 0 Å². The van der Waals surface area contributed by atoms with E-state index < -0.39 is 0 Å². The van der Waals surface area contributed by atoms with E-state index in [0.29, 0.717) is 24.5 Å². The molecule has 0 spiro atoms. The molecule has 0 unspecified atom stereocenters. The van der Waals surface area contributed by atoms with Gasteiger partial charge in [0.05, 0.1) is 0 Å². The highest BCUT2D eigenvalue weighted by molar-refractivity contribution is 14.0. The van der Waals surface area contributed by atoms with Crippen molar-refractivity contribution >= 4 is 35.6 Å². The van der Waals surface area contributed by atoms with Crippen LogP contribution in [0, 0.1) is 5.82 Å². The monoisotopic (exact) mass is 482 g/mol. The first-order valence-corrected chi connectivity index (χ1v) is 8.74. The van der Waals surface area contributed by atoms with Crippen LogP contribution in [0.2, 0.25) is 0 Å². The number of aliphatic imine (C=N–C) groups is 1. The van der Waals surface area contributed by atoms with Crippen LogP contribution < -0.4 is 10.6 Å². The van der Waals surface area contributed by atoms with Crippen molar-refractivity contribution < 1.29 is 4.39 Å². The lowest BCUT2D eigenvalue weighted by atomic mass is 10.1. The number of nitrogens with zero attached hydrogens (tertiary/aromatic N) is 4. The van der Waals surface area contributed by atoms with Gasteiger partial charge in [-0.05, 0) is 36.6 Å². The van der Waals surface area contributed by atoms with Gasteiger partial charge in [-0.3, -0.25) is 9.39 Å². The first kappa shape index (κ1) is 21.1. The highest BCUT2D eigenvalue weighted by Gasteiger charge is 2.05. The Hall–Kier alpha value is -2.23. The summed E-state index contributed by atoms with van der Waals surface area (Å²) in [7, 11) is 1.73. The average Bonchev–Trinajstić information content (AvgIpc) is 3.08. The maximum Gasteiger partial charge on any atom is 0.190 e. The number of aromatic nitrogens is 3. The van der Waals surface area contributed by atoms with Gasteiger partial charge in [0.1, 0.15) is 11.6 Å². The van der Waals surface area contributed by atoms with E-state index in [0.717, 1.165) is 30.9 Å². The normalized spacial score (nSPS) is 11.3. The van der Waals surface area contributed by atoms with Crippen LogP contribution >= 0.6 is 24.0 Å². The molecule has 0 aliphatic heterocycles. The Bertz CT molecular complexity index is 879. The summed E-state index contributed by atoms with van der Waals surface area (Å²) in [6.45, 7) is 1.39. The first-order chi connectivity index (χ1) is 12.8. The number of hydrogen-bond donors (Lipinski definition) is 2. The number of aryl methyl sites for hydroxylation is 1. The summed E-state index contributed by atoms with van der Waals surface area (Å²) in [6, 6.07) is 12.7. The predicted molar refractivity (Wildman–Crippen MR) is 116 cm³/mol. The number of pyridine rings is 1. The zero-order valence-corrected chi connectivity index (χ0v) is 17.6. The number of rotatable bonds is 7. The Morgan fingerprint density at radius 1 is 1.04 bits per heavy atom. The molecular weight excluding hydrogens is 458 g/mol. The second kappa shape index (κ2) is 10.8. The van der Waals surface area contributed by atoms with E-state index in [1.54, 1.807) is 19.2 Å². The lowest BCUT2D eigenvalue weighted by molar-refractivity contribution is 0.606. The molecule has 27 heavy (non-hydrogen) atoms. The smallest absolute Gasteiger partial charge is 0.190 e. The maximum absolute atomic E-state index is 13.6. The quantitative estimate of drug-likeness (QED) is 0.235. The van der Waals surface area contributed by atoms with Crippen LogP contribution in [-0.2, 0) is 12.8 Å². The number of fused-ring (bicyclic) bond motifs is 1. The highest BCUT2D eigenvalue weighted by atomic mass is 127. The van der Waals surface area contributed by atoms with Crippen LogP contribution in [0.15, 0.2) is 53.7 Å². The summed E-state index contributed by atoms with van der Waals surface area (Å²) in [4.78, 5) is 4.19. The minimum absolute atomic E-state index is 0. The molecule has 1 aromatic carbocycles. The number of halogens is 2. The van der Waals surface area contributed by atoms with Gasteiger partial charge >= 0.3 is 0 Å². The predicted octanol–water partition coefficient (Wildman–Crippen LogP) is 2.83. The summed E-state index contributed by atoms with van der Waals surface area (Å²) in [6.07, 6.45) is 4.31. The third kappa shape index (κ3) is 5.88. The van der Waals surface area contributed by atoms with E-state index >= 15 is 0 Å². The largest absolute Gasteiger partial charge is 0.356 e. The molecule has 0 atom stereocenters. The molecule has 8 heteroatoms. The lowest BCUT2D eigenvalue weighted by Crippen LogP contribution is -2.38. The van der Waals surface area contributed by atoms with E-state index in [1.807, 2.05) is 34.9 Å². The van der Waals surface area contributed by atoms with Crippen molar-refractivity contribution in [3.63, 3.8) is 0 Å². The molecule has 0 bridgehead atoms. The number of benzene rings is 1. The number of guanidine groups is 1. The fourth-order valence-electron chi connectivity index (χ4n) is 2.75. The Balaban J connectivity index is 0.00000261. The maximum atomic E-state index is 13.6. The van der Waals surface area contributed by atoms with E-state index in [2.05, 4.69) is 25.8 Å². The zero-order valence-electron chi connectivity index (χ0n) is 15.2. The van der Waals surface area contributed by atoms with Gasteiger partial charge in [-0.2, -0.15) is 0 Å². The molecule has 0 fully saturated rings. The van der Waals surface area contributed by atoms with Crippen molar-refractivity contribution in [2.75, 3.05) is 20.1 Å². The topological polar surface area (TPSA) is 66.6 Å². The molecular formula is C19H24FIN6. The zero-order chi connectivity index (χ0) is 18.2. The second-order valence-electron chi connectivity index (χ2n) is 5.92. The van der Waals surface area contributed by atoms with Gasteiger partial charge in [0.15, 0.2) is 11.6 Å². The van der Waals surface area contributed by atoms with Crippen molar-refractivity contribution in [1.82, 2.24) is 25.2 Å². The van der Waals surface area contributed by atoms with E-state index in [-0.39, 0.29) is 29.8 Å². The Morgan fingerprint density at radius 2 is 1.81 bits per heavy atom. The Labute approximate surface area is 175 Å². The summed E-state index contributed by atoms with van der Waals surface area (Å²) < 4.78 is 15.6. The molecule has 2 N–H and O–H groups in total. The van der Waals surface area contributed by atoms with Crippen LogP contribution in [0.3, 0.4) is 0 Å². The van der Waals surface area contributed by atoms with E-state index in [4.69, 9.17) is 0 Å². The van der Waals surface area contributed by atoms with Crippen LogP contribution in [0.25, 0.3) is 5.65 Å². The van der Waals surface area contributed by atoms with Gasteiger partial charge < -0.3 is 10.6 Å². The van der Waals surface area contributed by atoms with Crippen molar-refractivity contribution in [2.24, 2.45) is 4.99 Å². The fourth-order valence-corrected chi connectivity index (χ4v) is 2.75. The molecule has 144 valence electrons. The number of nitrogens with one attached hydrogen (secondary N) is 2. The molecule has 0 radical (unpaired) electrons. The highest BCUT2D eigenvalue weighted by Crippen LogP contribution is 2.06. The van der Waals surface area contributed by atoms with Gasteiger partial charge in [0.25, 0.3) is 0 Å². The molecule has 3 rings (SSSR count). The molecule has 6 nitrogen and oxygen atoms in total. The summed E-state index contributed by atoms with van der Waals surface area (Å²) >= 11 is 0. The van der Waals surface area contributed by atoms with Gasteiger partial charge in [0, 0.05) is 32.8 Å². The van der Waals surface area contributed by atoms with Crippen LogP contribution in [0.1, 0.15) is 17.8 Å². The molecule has 0 saturated carbocycles. The van der Waals surface area contributed by atoms with E-state index in [9.17, 15) is 4.39 Å². The molecule has 0 amide bonds. The Kier molecular flexibility index (Phi) is 8.43. The minimum atomic E-state index is -0.169. The van der Waals surface area contributed by atoms with Crippen LogP contribution in [0.4, 0.5) is 4.39 Å². The second-order valence-corrected chi connectivity index (χ2v) is 5.92. The Morgan fingerprint density at radius 3 is 2.63 bits per heavy atom. The number of hydrogen-bond acceptors (Lipinski definition) is 3. The molecule has 2 aromatic heterocycles. The van der Waals surface area contributed by atoms with Crippen molar-refractivity contribution in [3.8, 4) is 0 Å². The first-order valence-electron chi connectivity index (χ1n) is 8.74. The summed E-state index contributed by atoms with van der Waals surface area (Å²) in [5.74, 6) is 1.50. The SMILES string of the molecule is CN=C(NCCCc1nnc2ccccn12)NCCc1ccccc1F.I. The minimum Gasteiger partial charge on any atom is -0.356 e. The van der Waals surface area contributed by atoms with Crippen LogP contribution in [-0.4, -0.2) is 40.7 Å². The third-order valence-electron chi connectivity index (χ3n) is 4.12. The van der Waals surface area contributed by atoms with E-state index in [1.165, 1.54) is 6.07 Å². The van der Waals surface area contributed by atoms with Gasteiger partial charge in [-0.15, -0.1) is 34.2 Å². The standard InChI is InChI=1S/C19H23FN6.HI/c1-21-19(23-13-11-15-7-2-3-8-16(15)20)22-12-6-10-18-25-24-17-9-4-5-14-26(17)18;/h2-5,7-9,14H,6,10-13H2,1H3,(H2,21,22,23);1H. The van der Waals surface area contributed by atoms with Crippen molar-refractivity contribution in [3.05, 3.63) is 65.9 Å². The molecule has 3 aromatic rings. The van der Waals surface area contributed by atoms with Crippen LogP contribution in [0.5, 0.6) is 0 Å². The average molecular weight is 482 g/mol. The molecule has 2 heterocycles.